The summed E-state index contributed by atoms with van der Waals surface area (Å²) in [6.07, 6.45) is 9.74. The minimum Gasteiger partial charge on any atom is -0.391 e. The van der Waals surface area contributed by atoms with Gasteiger partial charge in [-0.1, -0.05) is 57.9 Å². The Hall–Kier alpha value is -2.73. The Balaban J connectivity index is 1.62. The number of nitrogens with zero attached hydrogens (tertiary/aromatic N) is 2. The summed E-state index contributed by atoms with van der Waals surface area (Å²) in [7, 11) is 0. The molecule has 1 fully saturated rings. The molecule has 0 radical (unpaired) electrons. The molecule has 8 heteroatoms. The maximum Gasteiger partial charge on any atom is 0.243 e. The number of aliphatic hydroxyl groups excluding tert-OH is 1. The number of aryl methyl sites for hydroxylation is 1. The molecule has 2 heterocycles. The summed E-state index contributed by atoms with van der Waals surface area (Å²) < 4.78 is 0. The van der Waals surface area contributed by atoms with Crippen molar-refractivity contribution in [2.75, 3.05) is 13.1 Å². The van der Waals surface area contributed by atoms with Crippen LogP contribution in [0.15, 0.2) is 29.8 Å². The smallest absolute Gasteiger partial charge is 0.243 e. The van der Waals surface area contributed by atoms with E-state index in [0.717, 1.165) is 53.8 Å². The number of amides is 2. The van der Waals surface area contributed by atoms with Gasteiger partial charge in [-0.15, -0.1) is 23.7 Å². The van der Waals surface area contributed by atoms with Gasteiger partial charge in [0.15, 0.2) is 0 Å². The maximum atomic E-state index is 13.7. The second-order valence-corrected chi connectivity index (χ2v) is 12.5. The minimum absolute atomic E-state index is 0.136. The standard InChI is InChI=1S/C31H44N4O3S/c1-7-8-9-10-11-12-17-32-28(31(4,5)6)30(38)35-19-25(36)18-26(35)29(37)34-21(2)23-13-15-24(16-14-23)27-22(3)33-20-39-27/h1,13-16,20-21,25-26,28,32,36H,8-12,17-19H2,2-6H3,(H,34,37)/t21-,25+,26-,28?/m0/s1. The van der Waals surface area contributed by atoms with Crippen molar-refractivity contribution in [2.24, 2.45) is 5.41 Å². The fourth-order valence-electron chi connectivity index (χ4n) is 5.08. The van der Waals surface area contributed by atoms with Crippen molar-refractivity contribution < 1.29 is 14.7 Å². The van der Waals surface area contributed by atoms with Crippen LogP contribution in [0.25, 0.3) is 10.4 Å². The van der Waals surface area contributed by atoms with Crippen LogP contribution in [0.3, 0.4) is 0 Å². The molecule has 1 saturated heterocycles. The molecule has 1 aromatic carbocycles. The molecule has 1 unspecified atom stereocenters. The molecule has 0 bridgehead atoms. The van der Waals surface area contributed by atoms with Crippen LogP contribution in [-0.4, -0.2) is 58.1 Å². The van der Waals surface area contributed by atoms with Crippen molar-refractivity contribution in [1.29, 1.82) is 0 Å². The molecule has 212 valence electrons. The summed E-state index contributed by atoms with van der Waals surface area (Å²) in [5, 5.41) is 17.0. The van der Waals surface area contributed by atoms with Gasteiger partial charge in [-0.05, 0) is 49.8 Å². The van der Waals surface area contributed by atoms with Gasteiger partial charge in [-0.2, -0.15) is 0 Å². The molecule has 4 atom stereocenters. The molecule has 2 aromatic rings. The maximum absolute atomic E-state index is 13.7. The molecule has 39 heavy (non-hydrogen) atoms. The number of carbonyl (C=O) groups is 2. The molecule has 1 aliphatic heterocycles. The minimum atomic E-state index is -0.723. The van der Waals surface area contributed by atoms with E-state index in [1.807, 2.05) is 64.4 Å². The van der Waals surface area contributed by atoms with Gasteiger partial charge in [0.2, 0.25) is 11.8 Å². The summed E-state index contributed by atoms with van der Waals surface area (Å²) in [4.78, 5) is 34.2. The largest absolute Gasteiger partial charge is 0.391 e. The van der Waals surface area contributed by atoms with E-state index < -0.39 is 18.2 Å². The summed E-state index contributed by atoms with van der Waals surface area (Å²) in [6.45, 7) is 10.9. The van der Waals surface area contributed by atoms with E-state index in [1.54, 1.807) is 16.2 Å². The lowest BCUT2D eigenvalue weighted by Crippen LogP contribution is -2.56. The molecule has 2 amide bonds. The molecule has 0 spiro atoms. The summed E-state index contributed by atoms with van der Waals surface area (Å²) in [5.41, 5.74) is 4.57. The lowest BCUT2D eigenvalue weighted by molar-refractivity contribution is -0.142. The molecule has 7 nitrogen and oxygen atoms in total. The first-order chi connectivity index (χ1) is 18.5. The molecule has 3 rings (SSSR count). The second kappa shape index (κ2) is 14.1. The highest BCUT2D eigenvalue weighted by atomic mass is 32.1. The fourth-order valence-corrected chi connectivity index (χ4v) is 5.89. The second-order valence-electron chi connectivity index (χ2n) is 11.6. The number of benzene rings is 1. The van der Waals surface area contributed by atoms with Crippen molar-refractivity contribution >= 4 is 23.2 Å². The summed E-state index contributed by atoms with van der Waals surface area (Å²) in [6, 6.07) is 6.71. The van der Waals surface area contributed by atoms with Crippen LogP contribution in [0.1, 0.15) is 83.5 Å². The van der Waals surface area contributed by atoms with Gasteiger partial charge in [0.1, 0.15) is 6.04 Å². The molecule has 0 aliphatic carbocycles. The Morgan fingerprint density at radius 2 is 1.90 bits per heavy atom. The number of unbranched alkanes of at least 4 members (excludes halogenated alkanes) is 4. The Kier molecular flexibility index (Phi) is 11.1. The van der Waals surface area contributed by atoms with Gasteiger partial charge in [0.25, 0.3) is 0 Å². The van der Waals surface area contributed by atoms with Crippen LogP contribution in [0.5, 0.6) is 0 Å². The fraction of sp³-hybridized carbons (Fsp3) is 0.581. The van der Waals surface area contributed by atoms with Crippen molar-refractivity contribution in [3.8, 4) is 22.8 Å². The highest BCUT2D eigenvalue weighted by molar-refractivity contribution is 7.13. The number of nitrogens with one attached hydrogen (secondary N) is 2. The zero-order chi connectivity index (χ0) is 28.6. The topological polar surface area (TPSA) is 94.6 Å². The van der Waals surface area contributed by atoms with Crippen LogP contribution in [-0.2, 0) is 9.59 Å². The average Bonchev–Trinajstić information content (AvgIpc) is 3.50. The van der Waals surface area contributed by atoms with Gasteiger partial charge >= 0.3 is 0 Å². The van der Waals surface area contributed by atoms with Crippen molar-refractivity contribution in [3.05, 3.63) is 41.0 Å². The monoisotopic (exact) mass is 552 g/mol. The third-order valence-electron chi connectivity index (χ3n) is 7.35. The van der Waals surface area contributed by atoms with Crippen molar-refractivity contribution in [1.82, 2.24) is 20.5 Å². The molecule has 1 aromatic heterocycles. The SMILES string of the molecule is C#CCCCCCCNC(C(=O)N1C[C@H](O)C[C@H]1C(=O)N[C@@H](C)c1ccc(-c2scnc2C)cc1)C(C)(C)C. The number of carbonyl (C=O) groups excluding carboxylic acids is 2. The highest BCUT2D eigenvalue weighted by Crippen LogP contribution is 2.29. The first-order valence-electron chi connectivity index (χ1n) is 14.0. The zero-order valence-corrected chi connectivity index (χ0v) is 24.8. The number of hydrogen-bond acceptors (Lipinski definition) is 6. The van der Waals surface area contributed by atoms with E-state index in [-0.39, 0.29) is 36.2 Å². The Bertz CT molecular complexity index is 1130. The van der Waals surface area contributed by atoms with Gasteiger partial charge in [0.05, 0.1) is 34.3 Å². The number of thiazole rings is 1. The Morgan fingerprint density at radius 3 is 2.51 bits per heavy atom. The third-order valence-corrected chi connectivity index (χ3v) is 8.33. The number of likely N-dealkylation sites (tertiary alicyclic amines) is 1. The molecule has 0 saturated carbocycles. The first-order valence-corrected chi connectivity index (χ1v) is 14.9. The molecular formula is C31H44N4O3S. The van der Waals surface area contributed by atoms with Crippen LogP contribution < -0.4 is 10.6 Å². The number of hydrogen-bond donors (Lipinski definition) is 3. The van der Waals surface area contributed by atoms with E-state index in [1.165, 1.54) is 0 Å². The number of β-amino-alcohol motifs (C(OH)–C–C–N with tert-alkyl or cyclic N) is 1. The quantitative estimate of drug-likeness (QED) is 0.259. The number of rotatable bonds is 12. The summed E-state index contributed by atoms with van der Waals surface area (Å²) >= 11 is 1.61. The van der Waals surface area contributed by atoms with E-state index in [9.17, 15) is 14.7 Å². The van der Waals surface area contributed by atoms with E-state index in [2.05, 4.69) is 21.5 Å². The van der Waals surface area contributed by atoms with E-state index in [4.69, 9.17) is 6.42 Å². The Morgan fingerprint density at radius 1 is 1.21 bits per heavy atom. The van der Waals surface area contributed by atoms with E-state index >= 15 is 0 Å². The third kappa shape index (κ3) is 8.38. The molecule has 3 N–H and O–H groups in total. The normalized spacial score (nSPS) is 18.9. The van der Waals surface area contributed by atoms with Gasteiger partial charge in [0, 0.05) is 19.4 Å². The number of aliphatic hydroxyl groups is 1. The Labute approximate surface area is 237 Å². The molecular weight excluding hydrogens is 508 g/mol. The van der Waals surface area contributed by atoms with Gasteiger partial charge in [-0.3, -0.25) is 9.59 Å². The zero-order valence-electron chi connectivity index (χ0n) is 24.0. The van der Waals surface area contributed by atoms with Gasteiger partial charge in [-0.25, -0.2) is 4.98 Å². The average molecular weight is 553 g/mol. The predicted octanol–water partition coefficient (Wildman–Crippen LogP) is 4.85. The predicted molar refractivity (Wildman–Crippen MR) is 158 cm³/mol. The lowest BCUT2D eigenvalue weighted by atomic mass is 9.85. The first kappa shape index (κ1) is 30.8. The van der Waals surface area contributed by atoms with Crippen LogP contribution in [0, 0.1) is 24.7 Å². The lowest BCUT2D eigenvalue weighted by Gasteiger charge is -2.35. The van der Waals surface area contributed by atoms with Crippen LogP contribution >= 0.6 is 11.3 Å². The number of terminal acetylenes is 1. The summed E-state index contributed by atoms with van der Waals surface area (Å²) in [5.74, 6) is 2.29. The van der Waals surface area contributed by atoms with Crippen LogP contribution in [0.2, 0.25) is 0 Å². The van der Waals surface area contributed by atoms with E-state index in [0.29, 0.717) is 6.54 Å². The molecule has 1 aliphatic rings. The van der Waals surface area contributed by atoms with Crippen LogP contribution in [0.4, 0.5) is 0 Å². The van der Waals surface area contributed by atoms with Crippen molar-refractivity contribution in [2.45, 2.75) is 97.4 Å². The van der Waals surface area contributed by atoms with Crippen molar-refractivity contribution in [3.63, 3.8) is 0 Å². The number of aromatic nitrogens is 1. The highest BCUT2D eigenvalue weighted by Gasteiger charge is 2.44. The van der Waals surface area contributed by atoms with Gasteiger partial charge < -0.3 is 20.6 Å².